The Morgan fingerprint density at radius 3 is 2.56 bits per heavy atom. The standard InChI is InChI=1S/C25H29N3O4S2/c1-15-23(34-22(13-29)26-15)18-14-33-21(27-18)11-20(30)19-10-17(16-8-6-5-7-9-16)12-28(19)24(31)32-25(2,3)4/h5-9,14,17,19,29H,10-13H2,1-4H3/t17-,19+/m1/s1. The molecule has 0 unspecified atom stereocenters. The van der Waals surface area contributed by atoms with Crippen LogP contribution in [0.25, 0.3) is 10.6 Å². The lowest BCUT2D eigenvalue weighted by atomic mass is 9.95. The summed E-state index contributed by atoms with van der Waals surface area (Å²) in [5, 5.41) is 12.6. The molecule has 1 aliphatic heterocycles. The molecule has 1 aromatic carbocycles. The molecular formula is C25H29N3O4S2. The second-order valence-electron chi connectivity index (χ2n) is 9.44. The van der Waals surface area contributed by atoms with Crippen LogP contribution >= 0.6 is 22.7 Å². The number of ether oxygens (including phenoxy) is 1. The lowest BCUT2D eigenvalue weighted by Crippen LogP contribution is -2.43. The lowest BCUT2D eigenvalue weighted by molar-refractivity contribution is -0.122. The maximum Gasteiger partial charge on any atom is 0.410 e. The van der Waals surface area contributed by atoms with Crippen LogP contribution in [0.1, 0.15) is 54.4 Å². The summed E-state index contributed by atoms with van der Waals surface area (Å²) in [4.78, 5) is 37.9. The molecule has 0 saturated carbocycles. The minimum atomic E-state index is -0.639. The van der Waals surface area contributed by atoms with E-state index in [1.807, 2.05) is 63.4 Å². The van der Waals surface area contributed by atoms with E-state index in [9.17, 15) is 14.7 Å². The van der Waals surface area contributed by atoms with E-state index < -0.39 is 17.7 Å². The number of likely N-dealkylation sites (tertiary alicyclic amines) is 1. The molecule has 0 bridgehead atoms. The number of hydrogen-bond acceptors (Lipinski definition) is 8. The molecule has 4 rings (SSSR count). The van der Waals surface area contributed by atoms with Gasteiger partial charge >= 0.3 is 6.09 Å². The number of hydrogen-bond donors (Lipinski definition) is 1. The van der Waals surface area contributed by atoms with Crippen LogP contribution in [0.4, 0.5) is 4.79 Å². The number of aryl methyl sites for hydroxylation is 1. The molecule has 1 amide bonds. The third-order valence-corrected chi connectivity index (χ3v) is 7.67. The summed E-state index contributed by atoms with van der Waals surface area (Å²) in [5.41, 5.74) is 2.05. The van der Waals surface area contributed by atoms with E-state index in [0.717, 1.165) is 21.8 Å². The Morgan fingerprint density at radius 2 is 1.91 bits per heavy atom. The zero-order valence-corrected chi connectivity index (χ0v) is 21.4. The van der Waals surface area contributed by atoms with E-state index in [1.54, 1.807) is 4.90 Å². The Hall–Kier alpha value is -2.62. The van der Waals surface area contributed by atoms with Gasteiger partial charge in [-0.15, -0.1) is 22.7 Å². The first kappa shape index (κ1) is 24.5. The normalized spacial score (nSPS) is 18.3. The predicted octanol–water partition coefficient (Wildman–Crippen LogP) is 4.97. The molecule has 9 heteroatoms. The molecule has 1 N–H and O–H groups in total. The maximum absolute atomic E-state index is 13.4. The van der Waals surface area contributed by atoms with Gasteiger partial charge in [-0.25, -0.2) is 14.8 Å². The number of aliphatic hydroxyl groups is 1. The minimum absolute atomic E-state index is 0.0396. The van der Waals surface area contributed by atoms with Gasteiger partial charge in [0.15, 0.2) is 5.78 Å². The van der Waals surface area contributed by atoms with Crippen LogP contribution in [0.5, 0.6) is 0 Å². The van der Waals surface area contributed by atoms with Crippen molar-refractivity contribution in [3.8, 4) is 10.6 Å². The van der Waals surface area contributed by atoms with Crippen molar-refractivity contribution in [1.29, 1.82) is 0 Å². The smallest absolute Gasteiger partial charge is 0.410 e. The van der Waals surface area contributed by atoms with E-state index in [4.69, 9.17) is 4.74 Å². The Labute approximate surface area is 207 Å². The zero-order chi connectivity index (χ0) is 24.5. The number of Topliss-reactive ketones (excluding diaryl/α,β-unsaturated/α-hetero) is 1. The quantitative estimate of drug-likeness (QED) is 0.515. The summed E-state index contributed by atoms with van der Waals surface area (Å²) in [7, 11) is 0. The number of rotatable bonds is 6. The van der Waals surface area contributed by atoms with E-state index >= 15 is 0 Å². The average molecular weight is 500 g/mol. The molecule has 180 valence electrons. The van der Waals surface area contributed by atoms with Gasteiger partial charge in [-0.2, -0.15) is 0 Å². The summed E-state index contributed by atoms with van der Waals surface area (Å²) < 4.78 is 5.62. The summed E-state index contributed by atoms with van der Waals surface area (Å²) in [6.45, 7) is 7.71. The molecule has 3 heterocycles. The van der Waals surface area contributed by atoms with Gasteiger partial charge in [0, 0.05) is 17.8 Å². The van der Waals surface area contributed by atoms with Gasteiger partial charge in [0.25, 0.3) is 0 Å². The Bertz CT molecular complexity index is 1170. The van der Waals surface area contributed by atoms with E-state index in [-0.39, 0.29) is 24.7 Å². The topological polar surface area (TPSA) is 92.6 Å². The number of benzene rings is 1. The fourth-order valence-electron chi connectivity index (χ4n) is 4.15. The van der Waals surface area contributed by atoms with Crippen molar-refractivity contribution in [2.45, 2.75) is 64.7 Å². The number of amides is 1. The van der Waals surface area contributed by atoms with Gasteiger partial charge in [-0.1, -0.05) is 30.3 Å². The van der Waals surface area contributed by atoms with Crippen LogP contribution < -0.4 is 0 Å². The van der Waals surface area contributed by atoms with Crippen molar-refractivity contribution in [1.82, 2.24) is 14.9 Å². The third kappa shape index (κ3) is 5.54. The molecule has 0 aliphatic carbocycles. The third-order valence-electron chi connectivity index (χ3n) is 5.66. The van der Waals surface area contributed by atoms with E-state index in [0.29, 0.717) is 23.0 Å². The second kappa shape index (κ2) is 9.93. The number of carbonyl (C=O) groups excluding carboxylic acids is 2. The monoisotopic (exact) mass is 499 g/mol. The van der Waals surface area contributed by atoms with E-state index in [1.165, 1.54) is 22.7 Å². The van der Waals surface area contributed by atoms with E-state index in [2.05, 4.69) is 9.97 Å². The summed E-state index contributed by atoms with van der Waals surface area (Å²) in [5.74, 6) is 0.0357. The van der Waals surface area contributed by atoms with Crippen LogP contribution in [-0.2, 0) is 22.6 Å². The fraction of sp³-hybridized carbons (Fsp3) is 0.440. The van der Waals surface area contributed by atoms with Crippen molar-refractivity contribution in [3.63, 3.8) is 0 Å². The van der Waals surface area contributed by atoms with Crippen LogP contribution in [-0.4, -0.2) is 50.0 Å². The average Bonchev–Trinajstić information content (AvgIpc) is 3.51. The molecule has 0 spiro atoms. The Morgan fingerprint density at radius 1 is 1.18 bits per heavy atom. The van der Waals surface area contributed by atoms with Gasteiger partial charge in [0.2, 0.25) is 0 Å². The van der Waals surface area contributed by atoms with Gasteiger partial charge in [-0.05, 0) is 39.7 Å². The van der Waals surface area contributed by atoms with Crippen molar-refractivity contribution in [3.05, 3.63) is 57.0 Å². The molecule has 2 aromatic heterocycles. The Kier molecular flexibility index (Phi) is 7.16. The highest BCUT2D eigenvalue weighted by Crippen LogP contribution is 2.35. The highest BCUT2D eigenvalue weighted by molar-refractivity contribution is 7.16. The molecule has 1 aliphatic rings. The summed E-state index contributed by atoms with van der Waals surface area (Å²) >= 11 is 2.83. The molecule has 3 aromatic rings. The molecule has 1 saturated heterocycles. The summed E-state index contributed by atoms with van der Waals surface area (Å²) in [6.07, 6.45) is 0.260. The SMILES string of the molecule is Cc1nc(CO)sc1-c1csc(CC(=O)[C@@H]2C[C@@H](c3ccccc3)CN2C(=O)OC(C)(C)C)n1. The van der Waals surface area contributed by atoms with Crippen LogP contribution in [0.3, 0.4) is 0 Å². The number of carbonyl (C=O) groups is 2. The first-order valence-corrected chi connectivity index (χ1v) is 12.9. The number of ketones is 1. The number of aliphatic hydroxyl groups excluding tert-OH is 1. The number of nitrogens with zero attached hydrogens (tertiary/aromatic N) is 3. The molecule has 2 atom stereocenters. The predicted molar refractivity (Wildman–Crippen MR) is 133 cm³/mol. The van der Waals surface area contributed by atoms with Crippen LogP contribution in [0.15, 0.2) is 35.7 Å². The fourth-order valence-corrected chi connectivity index (χ4v) is 5.91. The second-order valence-corrected chi connectivity index (χ2v) is 11.5. The maximum atomic E-state index is 13.4. The van der Waals surface area contributed by atoms with Crippen molar-refractivity contribution < 1.29 is 19.4 Å². The molecule has 34 heavy (non-hydrogen) atoms. The summed E-state index contributed by atoms with van der Waals surface area (Å²) in [6, 6.07) is 9.43. The number of aromatic nitrogens is 2. The zero-order valence-electron chi connectivity index (χ0n) is 19.8. The molecule has 0 radical (unpaired) electrons. The molecule has 7 nitrogen and oxygen atoms in total. The highest BCUT2D eigenvalue weighted by atomic mass is 32.1. The minimum Gasteiger partial charge on any atom is -0.444 e. The molecule has 1 fully saturated rings. The van der Waals surface area contributed by atoms with Gasteiger partial charge in [0.1, 0.15) is 15.6 Å². The van der Waals surface area contributed by atoms with Crippen molar-refractivity contribution >= 4 is 34.6 Å². The van der Waals surface area contributed by atoms with Crippen molar-refractivity contribution in [2.75, 3.05) is 6.54 Å². The molecular weight excluding hydrogens is 470 g/mol. The first-order chi connectivity index (χ1) is 16.1. The van der Waals surface area contributed by atoms with Gasteiger partial charge in [-0.3, -0.25) is 9.69 Å². The highest BCUT2D eigenvalue weighted by Gasteiger charge is 2.41. The Balaban J connectivity index is 1.53. The largest absolute Gasteiger partial charge is 0.444 e. The first-order valence-electron chi connectivity index (χ1n) is 11.2. The van der Waals surface area contributed by atoms with Crippen LogP contribution in [0, 0.1) is 6.92 Å². The number of thiazole rings is 2. The van der Waals surface area contributed by atoms with Crippen molar-refractivity contribution in [2.24, 2.45) is 0 Å². The van der Waals surface area contributed by atoms with Crippen LogP contribution in [0.2, 0.25) is 0 Å². The van der Waals surface area contributed by atoms with Gasteiger partial charge in [0.05, 0.1) is 35.3 Å². The lowest BCUT2D eigenvalue weighted by Gasteiger charge is -2.28. The van der Waals surface area contributed by atoms with Gasteiger partial charge < -0.3 is 9.84 Å².